The molecule has 0 spiro atoms. The molecule has 0 rings (SSSR count). The van der Waals surface area contributed by atoms with Crippen molar-refractivity contribution in [2.75, 3.05) is 13.2 Å². The zero-order valence-corrected chi connectivity index (χ0v) is 46.7. The van der Waals surface area contributed by atoms with Gasteiger partial charge in [-0.25, -0.2) is 0 Å². The van der Waals surface area contributed by atoms with Crippen LogP contribution in [0.25, 0.3) is 0 Å². The van der Waals surface area contributed by atoms with E-state index < -0.39 is 6.10 Å². The second-order valence-corrected chi connectivity index (χ2v) is 21.8. The van der Waals surface area contributed by atoms with Crippen molar-refractivity contribution in [3.8, 4) is 0 Å². The Balaban J connectivity index is 4.25. The van der Waals surface area contributed by atoms with Crippen molar-refractivity contribution in [2.45, 2.75) is 355 Å². The Morgan fingerprint density at radius 2 is 0.515 bits per heavy atom. The summed E-state index contributed by atoms with van der Waals surface area (Å²) in [5.74, 6) is 0.920. The summed E-state index contributed by atoms with van der Waals surface area (Å²) < 4.78 is 16.9. The molecule has 0 aromatic heterocycles. The number of unbranched alkanes of at least 4 members (excludes halogenated alkanes) is 39. The van der Waals surface area contributed by atoms with Crippen molar-refractivity contribution < 1.29 is 28.6 Å². The second kappa shape index (κ2) is 54.7. The van der Waals surface area contributed by atoms with Crippen molar-refractivity contribution in [1.82, 2.24) is 0 Å². The normalized spacial score (nSPS) is 12.8. The molecule has 6 heteroatoms. The molecule has 0 aliphatic rings. The third-order valence-electron chi connectivity index (χ3n) is 14.9. The SMILES string of the molecule is CCCCCCCCCCCCCCCCCCC(=O)OC[C@H](COC(=O)CCCCCCCCCCC(C)CC)OC(=O)CCCCCCCCCCCCCCCCCCCCC(C)CC. The standard InChI is InChI=1S/C62H120O6/c1-6-9-10-11-12-13-14-15-16-22-25-28-31-37-42-47-52-60(63)66-55-59(56-67-61(64)53-48-43-38-34-33-36-41-46-51-58(5)8-3)68-62(65)54-49-44-39-32-29-26-23-20-18-17-19-21-24-27-30-35-40-45-50-57(4)7-2/h57-59H,6-56H2,1-5H3/t57?,58?,59-/m1/s1. The van der Waals surface area contributed by atoms with Gasteiger partial charge in [0.1, 0.15) is 13.2 Å². The summed E-state index contributed by atoms with van der Waals surface area (Å²) in [4.78, 5) is 38.2. The van der Waals surface area contributed by atoms with Gasteiger partial charge in [0.2, 0.25) is 0 Å². The fourth-order valence-electron chi connectivity index (χ4n) is 9.52. The van der Waals surface area contributed by atoms with E-state index in [1.54, 1.807) is 0 Å². The molecule has 0 N–H and O–H groups in total. The molecule has 0 radical (unpaired) electrons. The van der Waals surface area contributed by atoms with E-state index in [1.807, 2.05) is 0 Å². The van der Waals surface area contributed by atoms with Gasteiger partial charge < -0.3 is 14.2 Å². The Bertz CT molecular complexity index is 1040. The predicted octanol–water partition coefficient (Wildman–Crippen LogP) is 20.4. The average molecular weight is 962 g/mol. The Morgan fingerprint density at radius 3 is 0.765 bits per heavy atom. The van der Waals surface area contributed by atoms with Crippen LogP contribution in [0.2, 0.25) is 0 Å². The quantitative estimate of drug-likeness (QED) is 0.0343. The summed E-state index contributed by atoms with van der Waals surface area (Å²) in [7, 11) is 0. The van der Waals surface area contributed by atoms with E-state index in [9.17, 15) is 14.4 Å². The van der Waals surface area contributed by atoms with E-state index in [0.29, 0.717) is 19.3 Å². The molecule has 3 atom stereocenters. The van der Waals surface area contributed by atoms with Gasteiger partial charge in [-0.05, 0) is 31.1 Å². The molecule has 0 aromatic carbocycles. The first-order chi connectivity index (χ1) is 33.3. The van der Waals surface area contributed by atoms with Crippen LogP contribution >= 0.6 is 0 Å². The molecular formula is C62H120O6. The van der Waals surface area contributed by atoms with Crippen LogP contribution in [-0.4, -0.2) is 37.2 Å². The van der Waals surface area contributed by atoms with Gasteiger partial charge in [-0.1, -0.05) is 311 Å². The fourth-order valence-corrected chi connectivity index (χ4v) is 9.52. The number of ether oxygens (including phenoxy) is 3. The minimum atomic E-state index is -0.763. The monoisotopic (exact) mass is 961 g/mol. The summed E-state index contributed by atoms with van der Waals surface area (Å²) in [6.45, 7) is 11.5. The number of carbonyl (C=O) groups is 3. The van der Waals surface area contributed by atoms with Gasteiger partial charge in [-0.3, -0.25) is 14.4 Å². The van der Waals surface area contributed by atoms with Gasteiger partial charge in [0, 0.05) is 19.3 Å². The van der Waals surface area contributed by atoms with E-state index >= 15 is 0 Å². The average Bonchev–Trinajstić information content (AvgIpc) is 3.34. The summed E-state index contributed by atoms with van der Waals surface area (Å²) >= 11 is 0. The van der Waals surface area contributed by atoms with Crippen molar-refractivity contribution in [3.63, 3.8) is 0 Å². The highest BCUT2D eigenvalue weighted by atomic mass is 16.6. The largest absolute Gasteiger partial charge is 0.462 e. The molecule has 0 aromatic rings. The molecule has 0 aliphatic heterocycles. The van der Waals surface area contributed by atoms with Crippen molar-refractivity contribution in [2.24, 2.45) is 11.8 Å². The maximum absolute atomic E-state index is 12.9. The molecule has 6 nitrogen and oxygen atoms in total. The Morgan fingerprint density at radius 1 is 0.294 bits per heavy atom. The molecule has 68 heavy (non-hydrogen) atoms. The number of carbonyl (C=O) groups excluding carboxylic acids is 3. The predicted molar refractivity (Wildman–Crippen MR) is 293 cm³/mol. The van der Waals surface area contributed by atoms with Gasteiger partial charge in [-0.2, -0.15) is 0 Å². The third-order valence-corrected chi connectivity index (χ3v) is 14.9. The minimum Gasteiger partial charge on any atom is -0.462 e. The van der Waals surface area contributed by atoms with Crippen LogP contribution in [0.1, 0.15) is 349 Å². The Hall–Kier alpha value is -1.59. The van der Waals surface area contributed by atoms with Crippen molar-refractivity contribution in [1.29, 1.82) is 0 Å². The zero-order valence-electron chi connectivity index (χ0n) is 46.7. The Labute approximate surface area is 425 Å². The van der Waals surface area contributed by atoms with Crippen LogP contribution in [0.4, 0.5) is 0 Å². The van der Waals surface area contributed by atoms with E-state index in [2.05, 4.69) is 34.6 Å². The lowest BCUT2D eigenvalue weighted by molar-refractivity contribution is -0.167. The van der Waals surface area contributed by atoms with Crippen LogP contribution in [0.15, 0.2) is 0 Å². The fraction of sp³-hybridized carbons (Fsp3) is 0.952. The van der Waals surface area contributed by atoms with Gasteiger partial charge in [0.15, 0.2) is 6.10 Å². The topological polar surface area (TPSA) is 78.9 Å². The number of esters is 3. The van der Waals surface area contributed by atoms with Gasteiger partial charge in [0.05, 0.1) is 0 Å². The summed E-state index contributed by atoms with van der Waals surface area (Å²) in [5, 5.41) is 0. The summed E-state index contributed by atoms with van der Waals surface area (Å²) in [5.41, 5.74) is 0. The van der Waals surface area contributed by atoms with Gasteiger partial charge in [-0.15, -0.1) is 0 Å². The van der Waals surface area contributed by atoms with Gasteiger partial charge >= 0.3 is 17.9 Å². The Kier molecular flexibility index (Phi) is 53.5. The molecule has 404 valence electrons. The maximum Gasteiger partial charge on any atom is 0.306 e. The molecule has 0 saturated carbocycles. The van der Waals surface area contributed by atoms with Crippen LogP contribution in [0.3, 0.4) is 0 Å². The van der Waals surface area contributed by atoms with E-state index in [1.165, 1.54) is 238 Å². The minimum absolute atomic E-state index is 0.0626. The van der Waals surface area contributed by atoms with E-state index in [-0.39, 0.29) is 31.1 Å². The lowest BCUT2D eigenvalue weighted by Crippen LogP contribution is -2.30. The first-order valence-corrected chi connectivity index (χ1v) is 30.8. The van der Waals surface area contributed by atoms with Crippen LogP contribution in [0, 0.1) is 11.8 Å². The number of hydrogen-bond donors (Lipinski definition) is 0. The highest BCUT2D eigenvalue weighted by molar-refractivity contribution is 5.71. The summed E-state index contributed by atoms with van der Waals surface area (Å²) in [6, 6.07) is 0. The maximum atomic E-state index is 12.9. The van der Waals surface area contributed by atoms with Crippen LogP contribution in [0.5, 0.6) is 0 Å². The number of rotatable bonds is 56. The van der Waals surface area contributed by atoms with E-state index in [0.717, 1.165) is 69.6 Å². The highest BCUT2D eigenvalue weighted by Gasteiger charge is 2.19. The lowest BCUT2D eigenvalue weighted by Gasteiger charge is -2.18. The zero-order chi connectivity index (χ0) is 49.6. The summed E-state index contributed by atoms with van der Waals surface area (Å²) in [6.07, 6.45) is 59.5. The lowest BCUT2D eigenvalue weighted by atomic mass is 9.99. The van der Waals surface area contributed by atoms with Crippen LogP contribution in [-0.2, 0) is 28.6 Å². The molecular weight excluding hydrogens is 841 g/mol. The van der Waals surface area contributed by atoms with E-state index in [4.69, 9.17) is 14.2 Å². The van der Waals surface area contributed by atoms with Crippen molar-refractivity contribution in [3.05, 3.63) is 0 Å². The number of hydrogen-bond acceptors (Lipinski definition) is 6. The molecule has 0 fully saturated rings. The molecule has 0 bridgehead atoms. The first kappa shape index (κ1) is 66.4. The van der Waals surface area contributed by atoms with Crippen LogP contribution < -0.4 is 0 Å². The molecule has 0 aliphatic carbocycles. The molecule has 0 saturated heterocycles. The third kappa shape index (κ3) is 52.2. The molecule has 2 unspecified atom stereocenters. The molecule has 0 amide bonds. The highest BCUT2D eigenvalue weighted by Crippen LogP contribution is 2.19. The van der Waals surface area contributed by atoms with Gasteiger partial charge in [0.25, 0.3) is 0 Å². The molecule has 0 heterocycles. The van der Waals surface area contributed by atoms with Crippen molar-refractivity contribution >= 4 is 17.9 Å². The first-order valence-electron chi connectivity index (χ1n) is 30.8. The smallest absolute Gasteiger partial charge is 0.306 e. The second-order valence-electron chi connectivity index (χ2n) is 21.8.